The first-order valence-corrected chi connectivity index (χ1v) is 7.16. The number of aromatic nitrogens is 1. The zero-order chi connectivity index (χ0) is 13.2. The molecular weight excluding hydrogens is 234 g/mol. The van der Waals surface area contributed by atoms with Gasteiger partial charge in [-0.3, -0.25) is 0 Å². The van der Waals surface area contributed by atoms with Crippen molar-refractivity contribution in [3.05, 3.63) is 30.0 Å². The molecular formula is C16H21N3. The van der Waals surface area contributed by atoms with Crippen LogP contribution in [0.25, 0.3) is 10.8 Å². The van der Waals surface area contributed by atoms with Gasteiger partial charge in [-0.2, -0.15) is 0 Å². The van der Waals surface area contributed by atoms with Crippen LogP contribution in [-0.4, -0.2) is 18.1 Å². The van der Waals surface area contributed by atoms with E-state index in [2.05, 4.69) is 22.9 Å². The summed E-state index contributed by atoms with van der Waals surface area (Å²) < 4.78 is 0. The zero-order valence-corrected chi connectivity index (χ0v) is 11.5. The van der Waals surface area contributed by atoms with E-state index in [1.807, 2.05) is 18.3 Å². The molecule has 1 aliphatic rings. The zero-order valence-electron chi connectivity index (χ0n) is 11.5. The highest BCUT2D eigenvalue weighted by atomic mass is 15.2. The molecule has 1 fully saturated rings. The summed E-state index contributed by atoms with van der Waals surface area (Å²) in [6.07, 6.45) is 7.09. The average molecular weight is 255 g/mol. The highest BCUT2D eigenvalue weighted by molar-refractivity contribution is 6.01. The smallest absolute Gasteiger partial charge is 0.136 e. The Kier molecular flexibility index (Phi) is 3.28. The Balaban J connectivity index is 2.15. The molecule has 0 spiro atoms. The molecule has 2 N–H and O–H groups in total. The first kappa shape index (κ1) is 12.3. The van der Waals surface area contributed by atoms with E-state index in [4.69, 9.17) is 5.73 Å². The first-order chi connectivity index (χ1) is 9.27. The van der Waals surface area contributed by atoms with Crippen molar-refractivity contribution in [3.8, 4) is 0 Å². The summed E-state index contributed by atoms with van der Waals surface area (Å²) >= 11 is 0. The summed E-state index contributed by atoms with van der Waals surface area (Å²) in [6, 6.07) is 6.11. The van der Waals surface area contributed by atoms with E-state index in [0.717, 1.165) is 30.0 Å². The van der Waals surface area contributed by atoms with E-state index in [9.17, 15) is 0 Å². The van der Waals surface area contributed by atoms with Gasteiger partial charge in [0.1, 0.15) is 5.82 Å². The summed E-state index contributed by atoms with van der Waals surface area (Å²) in [7, 11) is 0. The molecule has 2 aromatic rings. The number of pyridine rings is 1. The number of nitrogens with zero attached hydrogens (tertiary/aromatic N) is 2. The van der Waals surface area contributed by atoms with Gasteiger partial charge in [0.25, 0.3) is 0 Å². The van der Waals surface area contributed by atoms with Crippen LogP contribution in [0.1, 0.15) is 31.2 Å². The molecule has 0 radical (unpaired) electrons. The van der Waals surface area contributed by atoms with Crippen LogP contribution in [-0.2, 0) is 0 Å². The molecule has 1 aliphatic heterocycles. The van der Waals surface area contributed by atoms with Gasteiger partial charge in [-0.1, -0.05) is 18.9 Å². The number of nitrogens with two attached hydrogens (primary N) is 1. The molecule has 0 saturated carbocycles. The van der Waals surface area contributed by atoms with Crippen LogP contribution in [0.15, 0.2) is 24.4 Å². The van der Waals surface area contributed by atoms with Crippen LogP contribution < -0.4 is 10.6 Å². The number of nitrogen functional groups attached to an aromatic ring is 1. The summed E-state index contributed by atoms with van der Waals surface area (Å²) in [5, 5.41) is 2.36. The number of anilines is 2. The van der Waals surface area contributed by atoms with Gasteiger partial charge in [-0.25, -0.2) is 4.98 Å². The maximum absolute atomic E-state index is 6.11. The molecule has 1 saturated heterocycles. The van der Waals surface area contributed by atoms with E-state index in [1.54, 1.807) is 0 Å². The number of hydrogen-bond acceptors (Lipinski definition) is 3. The number of rotatable bonds is 1. The SMILES string of the molecule is Cc1ccc(N)c2ccnc(N3CCCCCC3)c12. The van der Waals surface area contributed by atoms with E-state index in [1.165, 1.54) is 36.6 Å². The second kappa shape index (κ2) is 5.08. The van der Waals surface area contributed by atoms with Crippen LogP contribution in [0.4, 0.5) is 11.5 Å². The van der Waals surface area contributed by atoms with Crippen LogP contribution in [0.2, 0.25) is 0 Å². The van der Waals surface area contributed by atoms with Gasteiger partial charge in [0.15, 0.2) is 0 Å². The minimum Gasteiger partial charge on any atom is -0.398 e. The molecule has 3 nitrogen and oxygen atoms in total. The van der Waals surface area contributed by atoms with Gasteiger partial charge in [0.05, 0.1) is 0 Å². The van der Waals surface area contributed by atoms with Crippen molar-refractivity contribution in [2.45, 2.75) is 32.6 Å². The van der Waals surface area contributed by atoms with Crippen molar-refractivity contribution in [3.63, 3.8) is 0 Å². The minimum absolute atomic E-state index is 0.846. The van der Waals surface area contributed by atoms with Gasteiger partial charge < -0.3 is 10.6 Å². The summed E-state index contributed by atoms with van der Waals surface area (Å²) in [5.74, 6) is 1.12. The van der Waals surface area contributed by atoms with E-state index in [-0.39, 0.29) is 0 Å². The lowest BCUT2D eigenvalue weighted by Crippen LogP contribution is -2.25. The number of hydrogen-bond donors (Lipinski definition) is 1. The lowest BCUT2D eigenvalue weighted by molar-refractivity contribution is 0.726. The summed E-state index contributed by atoms with van der Waals surface area (Å²) in [4.78, 5) is 7.08. The van der Waals surface area contributed by atoms with E-state index < -0.39 is 0 Å². The second-order valence-corrected chi connectivity index (χ2v) is 5.43. The fourth-order valence-corrected chi connectivity index (χ4v) is 2.99. The predicted octanol–water partition coefficient (Wildman–Crippen LogP) is 3.51. The topological polar surface area (TPSA) is 42.1 Å². The molecule has 3 heteroatoms. The Bertz CT molecular complexity index is 584. The van der Waals surface area contributed by atoms with Gasteiger partial charge >= 0.3 is 0 Å². The maximum Gasteiger partial charge on any atom is 0.136 e. The third-order valence-corrected chi connectivity index (χ3v) is 4.05. The monoisotopic (exact) mass is 255 g/mol. The number of benzene rings is 1. The Labute approximate surface area is 114 Å². The molecule has 1 aromatic heterocycles. The van der Waals surface area contributed by atoms with Gasteiger partial charge in [0.2, 0.25) is 0 Å². The summed E-state index contributed by atoms with van der Waals surface area (Å²) in [6.45, 7) is 4.37. The number of fused-ring (bicyclic) bond motifs is 1. The Morgan fingerprint density at radius 2 is 1.79 bits per heavy atom. The molecule has 1 aromatic carbocycles. The van der Waals surface area contributed by atoms with Gasteiger partial charge in [0, 0.05) is 35.7 Å². The normalized spacial score (nSPS) is 16.6. The first-order valence-electron chi connectivity index (χ1n) is 7.16. The lowest BCUT2D eigenvalue weighted by Gasteiger charge is -2.24. The molecule has 3 rings (SSSR count). The van der Waals surface area contributed by atoms with Crippen molar-refractivity contribution in [2.75, 3.05) is 23.7 Å². The predicted molar refractivity (Wildman–Crippen MR) is 81.6 cm³/mol. The summed E-state index contributed by atoms with van der Waals surface area (Å²) in [5.41, 5.74) is 8.22. The molecule has 0 atom stereocenters. The molecule has 0 aliphatic carbocycles. The Hall–Kier alpha value is -1.77. The van der Waals surface area contributed by atoms with Crippen molar-refractivity contribution in [2.24, 2.45) is 0 Å². The molecule has 0 unspecified atom stereocenters. The van der Waals surface area contributed by atoms with Crippen LogP contribution in [0.3, 0.4) is 0 Å². The van der Waals surface area contributed by atoms with Crippen LogP contribution in [0.5, 0.6) is 0 Å². The fraction of sp³-hybridized carbons (Fsp3) is 0.438. The quantitative estimate of drug-likeness (QED) is 0.793. The van der Waals surface area contributed by atoms with Gasteiger partial charge in [-0.05, 0) is 37.5 Å². The molecule has 0 bridgehead atoms. The maximum atomic E-state index is 6.11. The number of aryl methyl sites for hydroxylation is 1. The molecule has 2 heterocycles. The van der Waals surface area contributed by atoms with Crippen LogP contribution >= 0.6 is 0 Å². The van der Waals surface area contributed by atoms with Crippen molar-refractivity contribution < 1.29 is 0 Å². The van der Waals surface area contributed by atoms with Crippen molar-refractivity contribution >= 4 is 22.3 Å². The fourth-order valence-electron chi connectivity index (χ4n) is 2.99. The standard InChI is InChI=1S/C16H21N3/c1-12-6-7-14(17)13-8-9-18-16(15(12)13)19-10-4-2-3-5-11-19/h6-9H,2-5,10-11,17H2,1H3. The molecule has 0 amide bonds. The Morgan fingerprint density at radius 3 is 2.53 bits per heavy atom. The highest BCUT2D eigenvalue weighted by Gasteiger charge is 2.15. The van der Waals surface area contributed by atoms with Crippen LogP contribution in [0, 0.1) is 6.92 Å². The van der Waals surface area contributed by atoms with E-state index >= 15 is 0 Å². The minimum atomic E-state index is 0.846. The third-order valence-electron chi connectivity index (χ3n) is 4.05. The van der Waals surface area contributed by atoms with E-state index in [0.29, 0.717) is 0 Å². The molecule has 19 heavy (non-hydrogen) atoms. The Morgan fingerprint density at radius 1 is 1.05 bits per heavy atom. The largest absolute Gasteiger partial charge is 0.398 e. The second-order valence-electron chi connectivity index (χ2n) is 5.43. The average Bonchev–Trinajstić information content (AvgIpc) is 2.71. The molecule has 100 valence electrons. The highest BCUT2D eigenvalue weighted by Crippen LogP contribution is 2.32. The van der Waals surface area contributed by atoms with Crippen molar-refractivity contribution in [1.29, 1.82) is 0 Å². The van der Waals surface area contributed by atoms with Crippen molar-refractivity contribution in [1.82, 2.24) is 4.98 Å². The third kappa shape index (κ3) is 2.25. The van der Waals surface area contributed by atoms with Gasteiger partial charge in [-0.15, -0.1) is 0 Å². The lowest BCUT2D eigenvalue weighted by atomic mass is 10.0.